The number of ketones is 1. The van der Waals surface area contributed by atoms with E-state index in [4.69, 9.17) is 5.73 Å². The second kappa shape index (κ2) is 25.9. The molecule has 0 aromatic heterocycles. The van der Waals surface area contributed by atoms with Crippen LogP contribution in [0.3, 0.4) is 0 Å². The number of hydrogen-bond acceptors (Lipinski definition) is 10. The van der Waals surface area contributed by atoms with E-state index in [1.54, 1.807) is 0 Å². The lowest BCUT2D eigenvalue weighted by molar-refractivity contribution is -0.143. The molecule has 1 heterocycles. The van der Waals surface area contributed by atoms with Crippen molar-refractivity contribution in [2.24, 2.45) is 23.5 Å². The van der Waals surface area contributed by atoms with Crippen LogP contribution in [0.2, 0.25) is 0 Å². The van der Waals surface area contributed by atoms with Crippen LogP contribution in [0, 0.1) is 17.8 Å². The molecule has 1 aliphatic rings. The maximum atomic E-state index is 14.1. The average molecular weight is 794 g/mol. The third-order valence-electron chi connectivity index (χ3n) is 9.46. The number of unbranched alkanes of at least 4 members (excludes halogenated alkanes) is 3. The zero-order valence-corrected chi connectivity index (χ0v) is 35.1. The first-order chi connectivity index (χ1) is 26.3. The monoisotopic (exact) mass is 794 g/mol. The van der Waals surface area contributed by atoms with Gasteiger partial charge in [0.1, 0.15) is 18.1 Å². The summed E-state index contributed by atoms with van der Waals surface area (Å²) in [6.45, 7) is 15.3. The van der Waals surface area contributed by atoms with E-state index in [1.165, 1.54) is 18.7 Å². The van der Waals surface area contributed by atoms with E-state index in [9.17, 15) is 38.4 Å². The summed E-state index contributed by atoms with van der Waals surface area (Å²) < 4.78 is 0. The fraction of sp³-hybridized carbons (Fsp3) is 0.795. The van der Waals surface area contributed by atoms with E-state index >= 15 is 0 Å². The topological polar surface area (TPSA) is 250 Å². The molecular weight excluding hydrogens is 722 g/mol. The molecule has 17 heteroatoms. The first-order valence-corrected chi connectivity index (χ1v) is 20.3. The molecule has 0 aromatic rings. The number of nitrogens with two attached hydrogens (primary N) is 1. The van der Waals surface area contributed by atoms with Crippen molar-refractivity contribution in [3.05, 3.63) is 0 Å². The van der Waals surface area contributed by atoms with Crippen molar-refractivity contribution in [2.45, 2.75) is 150 Å². The molecule has 0 bridgehead atoms. The highest BCUT2D eigenvalue weighted by atomic mass is 16.2. The van der Waals surface area contributed by atoms with E-state index in [0.29, 0.717) is 58.2 Å². The third-order valence-corrected chi connectivity index (χ3v) is 9.46. The van der Waals surface area contributed by atoms with Crippen LogP contribution in [-0.2, 0) is 38.4 Å². The van der Waals surface area contributed by atoms with E-state index in [0.717, 1.165) is 6.42 Å². The Hall–Kier alpha value is -4.12. The second-order valence-electron chi connectivity index (χ2n) is 16.2. The minimum absolute atomic E-state index is 0.00866. The lowest BCUT2D eigenvalue weighted by Crippen LogP contribution is -2.62. The number of amides is 7. The van der Waals surface area contributed by atoms with Crippen LogP contribution < -0.4 is 43.2 Å². The molecule has 7 amide bonds. The summed E-state index contributed by atoms with van der Waals surface area (Å²) in [4.78, 5) is 106. The Bertz CT molecular complexity index is 1320. The molecule has 0 aromatic carbocycles. The number of Topliss-reactive ketones (excluding diaryl/α,β-unsaturated/α-hetero) is 1. The van der Waals surface area contributed by atoms with Crippen LogP contribution >= 0.6 is 0 Å². The molecule has 9 N–H and O–H groups in total. The minimum Gasteiger partial charge on any atom is -0.356 e. The molecule has 56 heavy (non-hydrogen) atoms. The normalized spacial score (nSPS) is 16.8. The Morgan fingerprint density at radius 3 is 1.84 bits per heavy atom. The van der Waals surface area contributed by atoms with Gasteiger partial charge in [-0.05, 0) is 95.6 Å². The molecular formula is C39H71N9O8. The van der Waals surface area contributed by atoms with Gasteiger partial charge in [0.2, 0.25) is 35.4 Å². The molecule has 0 radical (unpaired) electrons. The highest BCUT2D eigenvalue weighted by Gasteiger charge is 2.46. The molecule has 17 nitrogen and oxygen atoms in total. The molecule has 1 fully saturated rings. The number of carbonyl (C=O) groups excluding carboxylic acids is 8. The Kier molecular flexibility index (Phi) is 23.1. The highest BCUT2D eigenvalue weighted by molar-refractivity contribution is 6.11. The van der Waals surface area contributed by atoms with Crippen molar-refractivity contribution in [3.8, 4) is 0 Å². The number of nitrogens with one attached hydrogen (secondary N) is 7. The zero-order chi connectivity index (χ0) is 42.4. The molecule has 320 valence electrons. The Labute approximate surface area is 333 Å². The summed E-state index contributed by atoms with van der Waals surface area (Å²) in [5.41, 5.74) is 9.11. The summed E-state index contributed by atoms with van der Waals surface area (Å²) in [6.07, 6.45) is 4.95. The number of carbonyl (C=O) groups is 8. The molecule has 1 aliphatic heterocycles. The smallest absolute Gasteiger partial charge is 0.260 e. The first-order valence-electron chi connectivity index (χ1n) is 20.3. The summed E-state index contributed by atoms with van der Waals surface area (Å²) >= 11 is 0. The van der Waals surface area contributed by atoms with Crippen LogP contribution in [0.5, 0.6) is 0 Å². The fourth-order valence-corrected chi connectivity index (χ4v) is 6.53. The van der Waals surface area contributed by atoms with Crippen molar-refractivity contribution >= 4 is 47.1 Å². The predicted octanol–water partition coefficient (Wildman–Crippen LogP) is 0.702. The summed E-state index contributed by atoms with van der Waals surface area (Å²) in [5.74, 6) is -3.77. The maximum absolute atomic E-state index is 14.1. The summed E-state index contributed by atoms with van der Waals surface area (Å²) in [7, 11) is 0. The van der Waals surface area contributed by atoms with Gasteiger partial charge in [0.25, 0.3) is 5.91 Å². The van der Waals surface area contributed by atoms with Gasteiger partial charge in [-0.15, -0.1) is 0 Å². The number of rotatable bonds is 26. The molecule has 1 saturated heterocycles. The molecule has 0 saturated carbocycles. The van der Waals surface area contributed by atoms with E-state index in [1.807, 2.05) is 41.5 Å². The van der Waals surface area contributed by atoms with Crippen molar-refractivity contribution < 1.29 is 38.4 Å². The minimum atomic E-state index is -1.42. The van der Waals surface area contributed by atoms with Crippen molar-refractivity contribution in [1.82, 2.24) is 42.3 Å². The van der Waals surface area contributed by atoms with Gasteiger partial charge in [-0.25, -0.2) is 0 Å². The van der Waals surface area contributed by atoms with Gasteiger partial charge in [0.15, 0.2) is 11.3 Å². The lowest BCUT2D eigenvalue weighted by atomic mass is 9.90. The van der Waals surface area contributed by atoms with E-state index in [-0.39, 0.29) is 61.7 Å². The van der Waals surface area contributed by atoms with Crippen molar-refractivity contribution in [1.29, 1.82) is 0 Å². The average Bonchev–Trinajstić information content (AvgIpc) is 3.62. The van der Waals surface area contributed by atoms with Gasteiger partial charge in [0, 0.05) is 26.4 Å². The predicted molar refractivity (Wildman–Crippen MR) is 213 cm³/mol. The molecule has 4 atom stereocenters. The Balaban J connectivity index is 3.09. The largest absolute Gasteiger partial charge is 0.356 e. The second-order valence-corrected chi connectivity index (χ2v) is 16.2. The molecule has 0 aliphatic carbocycles. The summed E-state index contributed by atoms with van der Waals surface area (Å²) in [5, 5.41) is 14.0. The zero-order valence-electron chi connectivity index (χ0n) is 35.1. The van der Waals surface area contributed by atoms with Gasteiger partial charge in [0.05, 0.1) is 6.54 Å². The standard InChI is InChI=1S/C39H71N9O8/c1-25(2)21-30(35(53)44-31(22-26(3)4)36(54)47-46-33(51)15-10-9-12-18-41-29(8)50)43-34(52)24-48(20-13-11-17-40)37(55)32(23-27(5)6)45-38(56)39(28(7)49)16-14-19-42-39/h25-27,30-32,42H,9-24,40H2,1-8H3,(H,41,50)(H,43,52)(H,44,53)(H,45,56)(H,46,51)(H,47,54)/t30-,31-,32-,39-/m0/s1. The Morgan fingerprint density at radius 1 is 0.696 bits per heavy atom. The van der Waals surface area contributed by atoms with Crippen LogP contribution in [-0.4, -0.2) is 108 Å². The van der Waals surface area contributed by atoms with E-state index < -0.39 is 65.7 Å². The molecule has 0 unspecified atom stereocenters. The van der Waals surface area contributed by atoms with Crippen molar-refractivity contribution in [2.75, 3.05) is 32.7 Å². The SMILES string of the molecule is CC(=O)NCCCCCC(=O)NNC(=O)[C@H](CC(C)C)NC(=O)[C@H](CC(C)C)NC(=O)CN(CCCCN)C(=O)[C@H](CC(C)C)NC(=O)[C@@]1(C(C)=O)CCCN1. The first kappa shape index (κ1) is 49.9. The van der Waals surface area contributed by atoms with Gasteiger partial charge in [-0.1, -0.05) is 48.0 Å². The highest BCUT2D eigenvalue weighted by Crippen LogP contribution is 2.22. The Morgan fingerprint density at radius 2 is 1.30 bits per heavy atom. The quantitative estimate of drug-likeness (QED) is 0.0346. The fourth-order valence-electron chi connectivity index (χ4n) is 6.53. The number of hydrazine groups is 1. The van der Waals surface area contributed by atoms with Gasteiger partial charge in [-0.3, -0.25) is 54.5 Å². The number of hydrogen-bond donors (Lipinski definition) is 8. The molecule has 1 rings (SSSR count). The van der Waals surface area contributed by atoms with Crippen LogP contribution in [0.1, 0.15) is 126 Å². The van der Waals surface area contributed by atoms with Gasteiger partial charge >= 0.3 is 0 Å². The molecule has 0 spiro atoms. The third kappa shape index (κ3) is 18.7. The van der Waals surface area contributed by atoms with Gasteiger partial charge < -0.3 is 31.9 Å². The summed E-state index contributed by atoms with van der Waals surface area (Å²) in [6, 6.07) is -3.07. The van der Waals surface area contributed by atoms with Crippen LogP contribution in [0.25, 0.3) is 0 Å². The number of nitrogens with zero attached hydrogens (tertiary/aromatic N) is 1. The lowest BCUT2D eigenvalue weighted by Gasteiger charge is -2.32. The maximum Gasteiger partial charge on any atom is 0.260 e. The van der Waals surface area contributed by atoms with Crippen molar-refractivity contribution in [3.63, 3.8) is 0 Å². The van der Waals surface area contributed by atoms with Gasteiger partial charge in [-0.2, -0.15) is 0 Å². The van der Waals surface area contributed by atoms with Crippen LogP contribution in [0.4, 0.5) is 0 Å². The van der Waals surface area contributed by atoms with Crippen LogP contribution in [0.15, 0.2) is 0 Å². The van der Waals surface area contributed by atoms with E-state index in [2.05, 4.69) is 37.4 Å².